The highest BCUT2D eigenvalue weighted by atomic mass is 16.5. The Morgan fingerprint density at radius 3 is 2.84 bits per heavy atom. The number of aromatic amines is 1. The third-order valence-corrected chi connectivity index (χ3v) is 2.69. The van der Waals surface area contributed by atoms with E-state index in [1.165, 1.54) is 0 Å². The molecule has 0 spiro atoms. The molecule has 2 N–H and O–H groups in total. The predicted octanol–water partition coefficient (Wildman–Crippen LogP) is 1.61. The van der Waals surface area contributed by atoms with Gasteiger partial charge in [0.2, 0.25) is 11.9 Å². The zero-order valence-corrected chi connectivity index (χ0v) is 11.2. The zero-order valence-electron chi connectivity index (χ0n) is 11.2. The van der Waals surface area contributed by atoms with E-state index in [2.05, 4.69) is 20.5 Å². The number of hydrogen-bond acceptors (Lipinski definition) is 4. The molecular weight excluding hydrogens is 244 g/mol. The van der Waals surface area contributed by atoms with Gasteiger partial charge in [-0.1, -0.05) is 12.1 Å². The smallest absolute Gasteiger partial charge is 0.248 e. The third kappa shape index (κ3) is 3.31. The molecule has 0 radical (unpaired) electrons. The van der Waals surface area contributed by atoms with Crippen molar-refractivity contribution < 1.29 is 9.53 Å². The van der Waals surface area contributed by atoms with Gasteiger partial charge in [0, 0.05) is 0 Å². The summed E-state index contributed by atoms with van der Waals surface area (Å²) in [6.45, 7) is 3.73. The molecule has 0 saturated heterocycles. The molecule has 2 rings (SSSR count). The van der Waals surface area contributed by atoms with Gasteiger partial charge in [-0.2, -0.15) is 4.98 Å². The van der Waals surface area contributed by atoms with Crippen LogP contribution in [0.5, 0.6) is 5.75 Å². The number of methoxy groups -OCH3 is 1. The van der Waals surface area contributed by atoms with Crippen LogP contribution in [0.2, 0.25) is 0 Å². The second kappa shape index (κ2) is 5.51. The number of H-pyrrole nitrogens is 1. The van der Waals surface area contributed by atoms with Crippen molar-refractivity contribution in [3.05, 3.63) is 35.2 Å². The first-order chi connectivity index (χ1) is 9.08. The van der Waals surface area contributed by atoms with Crippen molar-refractivity contribution in [1.29, 1.82) is 0 Å². The maximum atomic E-state index is 11.8. The lowest BCUT2D eigenvalue weighted by atomic mass is 10.1. The van der Waals surface area contributed by atoms with Crippen LogP contribution in [-0.4, -0.2) is 28.2 Å². The molecule has 100 valence electrons. The largest absolute Gasteiger partial charge is 0.496 e. The molecule has 1 aromatic carbocycles. The van der Waals surface area contributed by atoms with Gasteiger partial charge in [-0.15, -0.1) is 5.10 Å². The number of rotatable bonds is 4. The van der Waals surface area contributed by atoms with Gasteiger partial charge in [0.05, 0.1) is 13.5 Å². The van der Waals surface area contributed by atoms with Gasteiger partial charge in [-0.05, 0) is 31.0 Å². The molecular formula is C13H16N4O2. The van der Waals surface area contributed by atoms with E-state index in [0.717, 1.165) is 16.9 Å². The van der Waals surface area contributed by atoms with Crippen molar-refractivity contribution in [1.82, 2.24) is 15.2 Å². The number of nitrogens with zero attached hydrogens (tertiary/aromatic N) is 2. The van der Waals surface area contributed by atoms with E-state index in [9.17, 15) is 4.79 Å². The van der Waals surface area contributed by atoms with Crippen LogP contribution < -0.4 is 10.1 Å². The molecule has 1 heterocycles. The highest BCUT2D eigenvalue weighted by Gasteiger charge is 2.08. The van der Waals surface area contributed by atoms with Crippen molar-refractivity contribution >= 4 is 11.9 Å². The van der Waals surface area contributed by atoms with E-state index < -0.39 is 0 Å². The summed E-state index contributed by atoms with van der Waals surface area (Å²) >= 11 is 0. The average molecular weight is 260 g/mol. The summed E-state index contributed by atoms with van der Waals surface area (Å²) in [5.41, 5.74) is 1.92. The number of carbonyl (C=O) groups excluding carboxylic acids is 1. The van der Waals surface area contributed by atoms with Crippen LogP contribution in [0.15, 0.2) is 18.2 Å². The molecule has 0 aliphatic rings. The number of nitrogens with one attached hydrogen (secondary N) is 2. The monoisotopic (exact) mass is 260 g/mol. The van der Waals surface area contributed by atoms with E-state index in [4.69, 9.17) is 4.74 Å². The van der Waals surface area contributed by atoms with Gasteiger partial charge in [-0.25, -0.2) is 0 Å². The van der Waals surface area contributed by atoms with Crippen LogP contribution in [-0.2, 0) is 11.2 Å². The summed E-state index contributed by atoms with van der Waals surface area (Å²) in [4.78, 5) is 15.8. The van der Waals surface area contributed by atoms with E-state index in [0.29, 0.717) is 11.8 Å². The first kappa shape index (κ1) is 13.1. The number of carbonyl (C=O) groups is 1. The van der Waals surface area contributed by atoms with E-state index >= 15 is 0 Å². The first-order valence-electron chi connectivity index (χ1n) is 5.91. The molecule has 6 nitrogen and oxygen atoms in total. The number of aryl methyl sites for hydroxylation is 2. The summed E-state index contributed by atoms with van der Waals surface area (Å²) in [7, 11) is 1.61. The first-order valence-corrected chi connectivity index (χ1v) is 5.91. The van der Waals surface area contributed by atoms with Gasteiger partial charge in [-0.3, -0.25) is 15.2 Å². The minimum absolute atomic E-state index is 0.162. The van der Waals surface area contributed by atoms with E-state index in [1.54, 1.807) is 14.0 Å². The van der Waals surface area contributed by atoms with Gasteiger partial charge in [0.15, 0.2) is 0 Å². The zero-order chi connectivity index (χ0) is 13.8. The highest BCUT2D eigenvalue weighted by Crippen LogP contribution is 2.19. The summed E-state index contributed by atoms with van der Waals surface area (Å²) in [6, 6.07) is 5.69. The molecule has 0 fully saturated rings. The maximum Gasteiger partial charge on any atom is 0.248 e. The van der Waals surface area contributed by atoms with Gasteiger partial charge in [0.25, 0.3) is 0 Å². The Hall–Kier alpha value is -2.37. The minimum atomic E-state index is -0.162. The second-order valence-corrected chi connectivity index (χ2v) is 4.27. The molecule has 6 heteroatoms. The average Bonchev–Trinajstić information content (AvgIpc) is 2.77. The standard InChI is InChI=1S/C13H16N4O2/c1-8-4-5-10(6-11(8)19-3)7-12(18)15-13-14-9(2)16-17-13/h4-6H,7H2,1-3H3,(H2,14,15,16,17,18). The fourth-order valence-corrected chi connectivity index (χ4v) is 1.73. The van der Waals surface area contributed by atoms with Crippen molar-refractivity contribution in [2.45, 2.75) is 20.3 Å². The Morgan fingerprint density at radius 1 is 1.42 bits per heavy atom. The van der Waals surface area contributed by atoms with Crippen LogP contribution in [0.3, 0.4) is 0 Å². The predicted molar refractivity (Wildman–Crippen MR) is 71.2 cm³/mol. The molecule has 0 bridgehead atoms. The van der Waals surface area contributed by atoms with Gasteiger partial charge >= 0.3 is 0 Å². The Balaban J connectivity index is 2.02. The van der Waals surface area contributed by atoms with Crippen molar-refractivity contribution in [2.24, 2.45) is 0 Å². The van der Waals surface area contributed by atoms with Crippen LogP contribution in [0.4, 0.5) is 5.95 Å². The molecule has 19 heavy (non-hydrogen) atoms. The van der Waals surface area contributed by atoms with Crippen LogP contribution >= 0.6 is 0 Å². The number of benzene rings is 1. The van der Waals surface area contributed by atoms with Crippen LogP contribution in [0.1, 0.15) is 17.0 Å². The molecule has 0 aliphatic carbocycles. The fourth-order valence-electron chi connectivity index (χ4n) is 1.73. The molecule has 0 atom stereocenters. The summed E-state index contributed by atoms with van der Waals surface area (Å²) < 4.78 is 5.23. The number of aromatic nitrogens is 3. The van der Waals surface area contributed by atoms with Crippen molar-refractivity contribution in [3.8, 4) is 5.75 Å². The summed E-state index contributed by atoms with van der Waals surface area (Å²) in [6.07, 6.45) is 0.254. The number of amides is 1. The Morgan fingerprint density at radius 2 is 2.21 bits per heavy atom. The minimum Gasteiger partial charge on any atom is -0.496 e. The number of ether oxygens (including phenoxy) is 1. The van der Waals surface area contributed by atoms with Crippen molar-refractivity contribution in [3.63, 3.8) is 0 Å². The third-order valence-electron chi connectivity index (χ3n) is 2.69. The molecule has 0 saturated carbocycles. The summed E-state index contributed by atoms with van der Waals surface area (Å²) in [5.74, 6) is 1.57. The van der Waals surface area contributed by atoms with Gasteiger partial charge < -0.3 is 4.74 Å². The normalized spacial score (nSPS) is 10.3. The Bertz CT molecular complexity index is 592. The number of anilines is 1. The lowest BCUT2D eigenvalue weighted by molar-refractivity contribution is -0.115. The maximum absolute atomic E-state index is 11.8. The van der Waals surface area contributed by atoms with E-state index in [1.807, 2.05) is 25.1 Å². The molecule has 0 unspecified atom stereocenters. The van der Waals surface area contributed by atoms with E-state index in [-0.39, 0.29) is 12.3 Å². The lowest BCUT2D eigenvalue weighted by Gasteiger charge is -2.07. The molecule has 0 aliphatic heterocycles. The molecule has 2 aromatic rings. The quantitative estimate of drug-likeness (QED) is 0.875. The summed E-state index contributed by atoms with van der Waals surface area (Å²) in [5, 5.41) is 9.15. The number of hydrogen-bond donors (Lipinski definition) is 2. The van der Waals surface area contributed by atoms with Crippen LogP contribution in [0, 0.1) is 13.8 Å². The van der Waals surface area contributed by atoms with Gasteiger partial charge in [0.1, 0.15) is 11.6 Å². The Labute approximate surface area is 111 Å². The molecule has 1 amide bonds. The second-order valence-electron chi connectivity index (χ2n) is 4.27. The Kier molecular flexibility index (Phi) is 3.79. The lowest BCUT2D eigenvalue weighted by Crippen LogP contribution is -2.15. The fraction of sp³-hybridized carbons (Fsp3) is 0.308. The highest BCUT2D eigenvalue weighted by molar-refractivity contribution is 5.90. The molecule has 1 aromatic heterocycles. The SMILES string of the molecule is COc1cc(CC(=O)Nc2n[nH]c(C)n2)ccc1C. The van der Waals surface area contributed by atoms with Crippen LogP contribution in [0.25, 0.3) is 0 Å². The topological polar surface area (TPSA) is 79.9 Å². The van der Waals surface area contributed by atoms with Crippen molar-refractivity contribution in [2.75, 3.05) is 12.4 Å².